The first-order chi connectivity index (χ1) is 4.45. The molecule has 0 aromatic rings. The van der Waals surface area contributed by atoms with E-state index in [-0.39, 0.29) is 24.8 Å². The van der Waals surface area contributed by atoms with E-state index in [0.717, 1.165) is 0 Å². The van der Waals surface area contributed by atoms with Gasteiger partial charge in [0, 0.05) is 11.9 Å². The second-order valence-corrected chi connectivity index (χ2v) is 3.39. The van der Waals surface area contributed by atoms with Gasteiger partial charge in [0.1, 0.15) is 0 Å². The summed E-state index contributed by atoms with van der Waals surface area (Å²) in [5, 5.41) is 7.70. The van der Waals surface area contributed by atoms with Gasteiger partial charge in [-0.2, -0.15) is 13.2 Å². The molecule has 0 fully saturated rings. The number of rotatable bonds is 3. The highest BCUT2D eigenvalue weighted by Gasteiger charge is 2.30. The average Bonchev–Trinajstić information content (AvgIpc) is 1.59. The molecular formula is C5H9F3OS. The molecule has 1 unspecified atom stereocenters. The Hall–Kier alpha value is 0.100. The van der Waals surface area contributed by atoms with Crippen LogP contribution in [0, 0.1) is 0 Å². The molecule has 0 radical (unpaired) electrons. The van der Waals surface area contributed by atoms with Crippen molar-refractivity contribution < 1.29 is 18.3 Å². The van der Waals surface area contributed by atoms with Crippen LogP contribution < -0.4 is 0 Å². The summed E-state index contributed by atoms with van der Waals surface area (Å²) in [5.74, 6) is 0. The zero-order valence-corrected chi connectivity index (χ0v) is 6.30. The molecule has 0 aliphatic rings. The molecule has 1 nitrogen and oxygen atoms in total. The van der Waals surface area contributed by atoms with Gasteiger partial charge in [0.25, 0.3) is 0 Å². The number of thioether (sulfide) groups is 1. The van der Waals surface area contributed by atoms with E-state index in [4.69, 9.17) is 5.11 Å². The average molecular weight is 174 g/mol. The Morgan fingerprint density at radius 3 is 2.30 bits per heavy atom. The summed E-state index contributed by atoms with van der Waals surface area (Å²) in [4.78, 5) is 0. The minimum absolute atomic E-state index is 0.0787. The summed E-state index contributed by atoms with van der Waals surface area (Å²) in [5.41, 5.74) is -4.17. The van der Waals surface area contributed by atoms with Crippen molar-refractivity contribution in [1.82, 2.24) is 0 Å². The first kappa shape index (κ1) is 10.1. The molecular weight excluding hydrogens is 165 g/mol. The zero-order valence-electron chi connectivity index (χ0n) is 5.48. The molecule has 10 heavy (non-hydrogen) atoms. The van der Waals surface area contributed by atoms with Gasteiger partial charge in [-0.1, -0.05) is 6.92 Å². The van der Waals surface area contributed by atoms with E-state index in [1.807, 2.05) is 0 Å². The van der Waals surface area contributed by atoms with Crippen molar-refractivity contribution in [2.45, 2.75) is 24.1 Å². The van der Waals surface area contributed by atoms with Crippen LogP contribution in [-0.4, -0.2) is 22.5 Å². The highest BCUT2D eigenvalue weighted by atomic mass is 32.2. The SMILES string of the molecule is CC(CCO)SC(F)(F)F. The molecule has 5 heteroatoms. The molecule has 0 bridgehead atoms. The third-order valence-corrected chi connectivity index (χ3v) is 1.78. The minimum Gasteiger partial charge on any atom is -0.396 e. The lowest BCUT2D eigenvalue weighted by atomic mass is 10.4. The number of hydrogen-bond donors (Lipinski definition) is 1. The predicted octanol–water partition coefficient (Wildman–Crippen LogP) is 2.01. The molecule has 0 spiro atoms. The third kappa shape index (κ3) is 6.22. The van der Waals surface area contributed by atoms with Crippen LogP contribution >= 0.6 is 11.8 Å². The fraction of sp³-hybridized carbons (Fsp3) is 1.00. The Balaban J connectivity index is 3.47. The number of aliphatic hydroxyl groups is 1. The fourth-order valence-corrected chi connectivity index (χ4v) is 1.15. The first-order valence-electron chi connectivity index (χ1n) is 2.81. The van der Waals surface area contributed by atoms with Crippen LogP contribution in [0.2, 0.25) is 0 Å². The summed E-state index contributed by atoms with van der Waals surface area (Å²) in [6.45, 7) is 1.25. The van der Waals surface area contributed by atoms with Crippen molar-refractivity contribution in [3.05, 3.63) is 0 Å². The Morgan fingerprint density at radius 2 is 2.00 bits per heavy atom. The van der Waals surface area contributed by atoms with E-state index in [1.54, 1.807) is 0 Å². The lowest BCUT2D eigenvalue weighted by Gasteiger charge is -2.10. The Bertz CT molecular complexity index is 93.4. The Kier molecular flexibility index (Phi) is 4.12. The van der Waals surface area contributed by atoms with E-state index in [1.165, 1.54) is 6.92 Å². The second kappa shape index (κ2) is 4.08. The van der Waals surface area contributed by atoms with Gasteiger partial charge in [0.15, 0.2) is 0 Å². The van der Waals surface area contributed by atoms with E-state index >= 15 is 0 Å². The number of aliphatic hydroxyl groups excluding tert-OH is 1. The van der Waals surface area contributed by atoms with Crippen LogP contribution in [0.15, 0.2) is 0 Å². The summed E-state index contributed by atoms with van der Waals surface area (Å²) < 4.78 is 34.5. The summed E-state index contributed by atoms with van der Waals surface area (Å²) in [6.07, 6.45) is 0.185. The molecule has 0 heterocycles. The van der Waals surface area contributed by atoms with E-state index < -0.39 is 10.8 Å². The maximum atomic E-state index is 11.5. The lowest BCUT2D eigenvalue weighted by Crippen LogP contribution is -2.09. The summed E-state index contributed by atoms with van der Waals surface area (Å²) in [6, 6.07) is 0. The number of hydrogen-bond acceptors (Lipinski definition) is 2. The van der Waals surface area contributed by atoms with Gasteiger partial charge in [0.2, 0.25) is 0 Å². The summed E-state index contributed by atoms with van der Waals surface area (Å²) >= 11 is -0.0787. The van der Waals surface area contributed by atoms with Gasteiger partial charge in [-0.15, -0.1) is 0 Å². The smallest absolute Gasteiger partial charge is 0.396 e. The molecule has 0 saturated heterocycles. The van der Waals surface area contributed by atoms with Crippen LogP contribution in [0.3, 0.4) is 0 Å². The minimum atomic E-state index is -4.17. The number of halogens is 3. The predicted molar refractivity (Wildman–Crippen MR) is 34.8 cm³/mol. The third-order valence-electron chi connectivity index (χ3n) is 0.870. The largest absolute Gasteiger partial charge is 0.442 e. The monoisotopic (exact) mass is 174 g/mol. The molecule has 0 aromatic carbocycles. The standard InChI is InChI=1S/C5H9F3OS/c1-4(2-3-9)10-5(6,7)8/h4,9H,2-3H2,1H3. The topological polar surface area (TPSA) is 20.2 Å². The van der Waals surface area contributed by atoms with E-state index in [9.17, 15) is 13.2 Å². The van der Waals surface area contributed by atoms with E-state index in [2.05, 4.69) is 0 Å². The Labute approximate surface area is 61.6 Å². The molecule has 0 aliphatic heterocycles. The van der Waals surface area contributed by atoms with Gasteiger partial charge in [0.05, 0.1) is 0 Å². The van der Waals surface area contributed by atoms with Gasteiger partial charge in [-0.25, -0.2) is 0 Å². The van der Waals surface area contributed by atoms with Crippen molar-refractivity contribution in [2.24, 2.45) is 0 Å². The van der Waals surface area contributed by atoms with Crippen molar-refractivity contribution in [2.75, 3.05) is 6.61 Å². The summed E-state index contributed by atoms with van der Waals surface area (Å²) in [7, 11) is 0. The van der Waals surface area contributed by atoms with Crippen LogP contribution in [0.25, 0.3) is 0 Å². The second-order valence-electron chi connectivity index (χ2n) is 1.89. The normalized spacial score (nSPS) is 15.3. The van der Waals surface area contributed by atoms with Crippen LogP contribution in [0.5, 0.6) is 0 Å². The maximum absolute atomic E-state index is 11.5. The van der Waals surface area contributed by atoms with Crippen LogP contribution in [0.1, 0.15) is 13.3 Å². The van der Waals surface area contributed by atoms with E-state index in [0.29, 0.717) is 0 Å². The van der Waals surface area contributed by atoms with Gasteiger partial charge in [-0.05, 0) is 18.2 Å². The molecule has 0 aromatic heterocycles. The quantitative estimate of drug-likeness (QED) is 0.706. The molecule has 0 saturated carbocycles. The highest BCUT2D eigenvalue weighted by Crippen LogP contribution is 2.34. The molecule has 1 N–H and O–H groups in total. The van der Waals surface area contributed by atoms with Crippen LogP contribution in [0.4, 0.5) is 13.2 Å². The van der Waals surface area contributed by atoms with Crippen molar-refractivity contribution >= 4 is 11.8 Å². The maximum Gasteiger partial charge on any atom is 0.442 e. The Morgan fingerprint density at radius 1 is 1.50 bits per heavy atom. The van der Waals surface area contributed by atoms with Crippen LogP contribution in [-0.2, 0) is 0 Å². The lowest BCUT2D eigenvalue weighted by molar-refractivity contribution is -0.0333. The molecule has 0 aliphatic carbocycles. The first-order valence-corrected chi connectivity index (χ1v) is 3.69. The highest BCUT2D eigenvalue weighted by molar-refractivity contribution is 8.00. The molecule has 0 rings (SSSR count). The van der Waals surface area contributed by atoms with Gasteiger partial charge >= 0.3 is 5.51 Å². The number of alkyl halides is 3. The van der Waals surface area contributed by atoms with Crippen molar-refractivity contribution in [3.8, 4) is 0 Å². The van der Waals surface area contributed by atoms with Crippen molar-refractivity contribution in [3.63, 3.8) is 0 Å². The fourth-order valence-electron chi connectivity index (χ4n) is 0.469. The molecule has 62 valence electrons. The zero-order chi connectivity index (χ0) is 8.20. The van der Waals surface area contributed by atoms with Gasteiger partial charge < -0.3 is 5.11 Å². The van der Waals surface area contributed by atoms with Gasteiger partial charge in [-0.3, -0.25) is 0 Å². The van der Waals surface area contributed by atoms with Crippen molar-refractivity contribution in [1.29, 1.82) is 0 Å². The molecule has 1 atom stereocenters. The molecule has 0 amide bonds.